The van der Waals surface area contributed by atoms with Crippen molar-refractivity contribution in [1.29, 1.82) is 0 Å². The Morgan fingerprint density at radius 1 is 1.38 bits per heavy atom. The monoisotopic (exact) mass is 225 g/mol. The minimum Gasteiger partial charge on any atom is -0.343 e. The van der Waals surface area contributed by atoms with E-state index in [9.17, 15) is 9.59 Å². The lowest BCUT2D eigenvalue weighted by molar-refractivity contribution is 0.375. The number of piperazine rings is 1. The summed E-state index contributed by atoms with van der Waals surface area (Å²) in [6, 6.07) is 0. The second kappa shape index (κ2) is 3.75. The van der Waals surface area contributed by atoms with Crippen LogP contribution in [0.2, 0.25) is 0 Å². The SMILES string of the molecule is CC1(C)CNCCN1c1n[nH]c(=O)[nH]c1=O. The van der Waals surface area contributed by atoms with Crippen molar-refractivity contribution in [2.75, 3.05) is 24.5 Å². The van der Waals surface area contributed by atoms with Gasteiger partial charge in [-0.2, -0.15) is 0 Å². The molecule has 0 atom stereocenters. The van der Waals surface area contributed by atoms with E-state index in [2.05, 4.69) is 20.5 Å². The summed E-state index contributed by atoms with van der Waals surface area (Å²) in [5.41, 5.74) is -1.23. The van der Waals surface area contributed by atoms with Crippen molar-refractivity contribution >= 4 is 5.82 Å². The second-order valence-electron chi connectivity index (χ2n) is 4.47. The van der Waals surface area contributed by atoms with Crippen LogP contribution >= 0.6 is 0 Å². The van der Waals surface area contributed by atoms with Crippen LogP contribution in [0.4, 0.5) is 5.82 Å². The fourth-order valence-electron chi connectivity index (χ4n) is 1.90. The molecule has 1 saturated heterocycles. The van der Waals surface area contributed by atoms with Gasteiger partial charge >= 0.3 is 5.69 Å². The Hall–Kier alpha value is -1.63. The molecule has 0 spiro atoms. The van der Waals surface area contributed by atoms with Crippen molar-refractivity contribution in [3.63, 3.8) is 0 Å². The second-order valence-corrected chi connectivity index (χ2v) is 4.47. The van der Waals surface area contributed by atoms with E-state index in [0.29, 0.717) is 6.54 Å². The standard InChI is InChI=1S/C9H15N5O2/c1-9(2)5-10-3-4-14(9)6-7(15)11-8(16)13-12-6/h10H,3-5H2,1-2H3,(H2,11,13,15,16). The van der Waals surface area contributed by atoms with Crippen molar-refractivity contribution in [3.8, 4) is 0 Å². The molecule has 2 rings (SSSR count). The minimum atomic E-state index is -0.582. The number of anilines is 1. The Balaban J connectivity index is 2.43. The van der Waals surface area contributed by atoms with Gasteiger partial charge in [-0.05, 0) is 13.8 Å². The molecule has 0 bridgehead atoms. The maximum atomic E-state index is 11.6. The van der Waals surface area contributed by atoms with Gasteiger partial charge in [-0.1, -0.05) is 0 Å². The van der Waals surface area contributed by atoms with Crippen LogP contribution in [0, 0.1) is 0 Å². The Morgan fingerprint density at radius 3 is 2.75 bits per heavy atom. The van der Waals surface area contributed by atoms with Gasteiger partial charge in [-0.3, -0.25) is 9.78 Å². The van der Waals surface area contributed by atoms with E-state index in [1.807, 2.05) is 18.7 Å². The van der Waals surface area contributed by atoms with E-state index in [0.717, 1.165) is 13.1 Å². The fourth-order valence-corrected chi connectivity index (χ4v) is 1.90. The van der Waals surface area contributed by atoms with Gasteiger partial charge in [-0.15, -0.1) is 5.10 Å². The van der Waals surface area contributed by atoms with Crippen molar-refractivity contribution in [3.05, 3.63) is 20.8 Å². The normalized spacial score (nSPS) is 19.8. The first kappa shape index (κ1) is 10.9. The van der Waals surface area contributed by atoms with Crippen LogP contribution < -0.4 is 21.5 Å². The Kier molecular flexibility index (Phi) is 2.55. The Labute approximate surface area is 91.9 Å². The third-order valence-corrected chi connectivity index (χ3v) is 2.75. The summed E-state index contributed by atoms with van der Waals surface area (Å²) in [6.45, 7) is 6.29. The summed E-state index contributed by atoms with van der Waals surface area (Å²) < 4.78 is 0. The van der Waals surface area contributed by atoms with Crippen LogP contribution in [0.1, 0.15) is 13.8 Å². The van der Waals surface area contributed by atoms with Gasteiger partial charge in [0.15, 0.2) is 0 Å². The van der Waals surface area contributed by atoms with Crippen molar-refractivity contribution < 1.29 is 0 Å². The maximum absolute atomic E-state index is 11.6. The molecule has 7 nitrogen and oxygen atoms in total. The molecule has 0 aliphatic carbocycles. The summed E-state index contributed by atoms with van der Waals surface area (Å²) in [6.07, 6.45) is 0. The first-order chi connectivity index (χ1) is 7.50. The van der Waals surface area contributed by atoms with Crippen molar-refractivity contribution in [1.82, 2.24) is 20.5 Å². The molecule has 1 aromatic rings. The summed E-state index contributed by atoms with van der Waals surface area (Å²) in [5, 5.41) is 9.32. The molecule has 3 N–H and O–H groups in total. The van der Waals surface area contributed by atoms with Gasteiger partial charge in [0.25, 0.3) is 5.56 Å². The maximum Gasteiger partial charge on any atom is 0.342 e. The lowest BCUT2D eigenvalue weighted by Crippen LogP contribution is -2.59. The molecule has 1 aliphatic rings. The van der Waals surface area contributed by atoms with Crippen molar-refractivity contribution in [2.45, 2.75) is 19.4 Å². The molecular weight excluding hydrogens is 210 g/mol. The first-order valence-electron chi connectivity index (χ1n) is 5.18. The number of nitrogens with one attached hydrogen (secondary N) is 3. The quantitative estimate of drug-likeness (QED) is 0.549. The third-order valence-electron chi connectivity index (χ3n) is 2.75. The summed E-state index contributed by atoms with van der Waals surface area (Å²) in [7, 11) is 0. The van der Waals surface area contributed by atoms with Crippen LogP contribution in [-0.2, 0) is 0 Å². The molecular formula is C9H15N5O2. The van der Waals surface area contributed by atoms with Gasteiger partial charge in [0.2, 0.25) is 5.82 Å². The number of hydrogen-bond donors (Lipinski definition) is 3. The van der Waals surface area contributed by atoms with Gasteiger partial charge in [0.1, 0.15) is 0 Å². The highest BCUT2D eigenvalue weighted by molar-refractivity contribution is 5.39. The highest BCUT2D eigenvalue weighted by Crippen LogP contribution is 2.19. The smallest absolute Gasteiger partial charge is 0.342 e. The van der Waals surface area contributed by atoms with Crippen LogP contribution in [0.15, 0.2) is 9.59 Å². The average molecular weight is 225 g/mol. The number of aromatic amines is 2. The lowest BCUT2D eigenvalue weighted by atomic mass is 10.0. The first-order valence-corrected chi connectivity index (χ1v) is 5.18. The number of H-pyrrole nitrogens is 2. The third kappa shape index (κ3) is 1.85. The molecule has 1 aromatic heterocycles. The molecule has 0 aromatic carbocycles. The van der Waals surface area contributed by atoms with E-state index in [-0.39, 0.29) is 11.4 Å². The van der Waals surface area contributed by atoms with E-state index >= 15 is 0 Å². The molecule has 0 saturated carbocycles. The summed E-state index contributed by atoms with van der Waals surface area (Å²) in [5.74, 6) is 0.270. The molecule has 1 aliphatic heterocycles. The van der Waals surface area contributed by atoms with E-state index in [1.165, 1.54) is 0 Å². The highest BCUT2D eigenvalue weighted by Gasteiger charge is 2.32. The predicted molar refractivity (Wildman–Crippen MR) is 59.8 cm³/mol. The summed E-state index contributed by atoms with van der Waals surface area (Å²) >= 11 is 0. The van der Waals surface area contributed by atoms with Gasteiger partial charge < -0.3 is 10.2 Å². The molecule has 1 fully saturated rings. The van der Waals surface area contributed by atoms with Gasteiger partial charge in [0, 0.05) is 25.2 Å². The molecule has 88 valence electrons. The Bertz CT molecular complexity index is 489. The van der Waals surface area contributed by atoms with Gasteiger partial charge in [-0.25, -0.2) is 9.89 Å². The topological polar surface area (TPSA) is 93.9 Å². The van der Waals surface area contributed by atoms with E-state index < -0.39 is 11.2 Å². The van der Waals surface area contributed by atoms with E-state index in [4.69, 9.17) is 0 Å². The van der Waals surface area contributed by atoms with E-state index in [1.54, 1.807) is 0 Å². The van der Waals surface area contributed by atoms with Gasteiger partial charge in [0.05, 0.1) is 0 Å². The van der Waals surface area contributed by atoms with Crippen LogP contribution in [-0.4, -0.2) is 40.4 Å². The van der Waals surface area contributed by atoms with Crippen LogP contribution in [0.3, 0.4) is 0 Å². The summed E-state index contributed by atoms with van der Waals surface area (Å²) in [4.78, 5) is 26.6. The van der Waals surface area contributed by atoms with Crippen LogP contribution in [0.5, 0.6) is 0 Å². The number of hydrogen-bond acceptors (Lipinski definition) is 5. The van der Waals surface area contributed by atoms with Crippen molar-refractivity contribution in [2.24, 2.45) is 0 Å². The lowest BCUT2D eigenvalue weighted by Gasteiger charge is -2.42. The van der Waals surface area contributed by atoms with Crippen LogP contribution in [0.25, 0.3) is 0 Å². The zero-order chi connectivity index (χ0) is 11.8. The zero-order valence-corrected chi connectivity index (χ0v) is 9.33. The molecule has 0 amide bonds. The number of aromatic nitrogens is 3. The average Bonchev–Trinajstić information content (AvgIpc) is 2.19. The molecule has 16 heavy (non-hydrogen) atoms. The molecule has 7 heteroatoms. The molecule has 0 unspecified atom stereocenters. The molecule has 0 radical (unpaired) electrons. The minimum absolute atomic E-state index is 0.198. The highest BCUT2D eigenvalue weighted by atomic mass is 16.2. The fraction of sp³-hybridized carbons (Fsp3) is 0.667. The number of rotatable bonds is 1. The number of nitrogens with zero attached hydrogens (tertiary/aromatic N) is 2. The Morgan fingerprint density at radius 2 is 2.12 bits per heavy atom. The molecule has 2 heterocycles. The largest absolute Gasteiger partial charge is 0.343 e. The zero-order valence-electron chi connectivity index (χ0n) is 9.33. The predicted octanol–water partition coefficient (Wildman–Crippen LogP) is -1.35.